The summed E-state index contributed by atoms with van der Waals surface area (Å²) in [4.78, 5) is 0. The highest BCUT2D eigenvalue weighted by Crippen LogP contribution is 2.32. The Labute approximate surface area is 121 Å². The van der Waals surface area contributed by atoms with Gasteiger partial charge in [-0.15, -0.1) is 0 Å². The second kappa shape index (κ2) is 5.27. The molecule has 0 bridgehead atoms. The Morgan fingerprint density at radius 1 is 1.15 bits per heavy atom. The molecule has 0 radical (unpaired) electrons. The molecule has 3 rings (SSSR count). The predicted octanol–water partition coefficient (Wildman–Crippen LogP) is 4.53. The zero-order chi connectivity index (χ0) is 14.1. The molecule has 4 heteroatoms. The van der Waals surface area contributed by atoms with Gasteiger partial charge in [0.15, 0.2) is 0 Å². The Hall–Kier alpha value is -1.84. The van der Waals surface area contributed by atoms with Crippen LogP contribution in [0.25, 0.3) is 11.0 Å². The van der Waals surface area contributed by atoms with E-state index in [0.29, 0.717) is 11.3 Å². The van der Waals surface area contributed by atoms with Gasteiger partial charge in [-0.25, -0.2) is 4.39 Å². The summed E-state index contributed by atoms with van der Waals surface area (Å²) in [6, 6.07) is 14.2. The SMILES string of the molecule is CNC(c1cc2ccccc2o1)c1cccc(F)c1Cl. The first-order valence-corrected chi connectivity index (χ1v) is 6.68. The van der Waals surface area contributed by atoms with Gasteiger partial charge in [0.25, 0.3) is 0 Å². The lowest BCUT2D eigenvalue weighted by molar-refractivity contribution is 0.490. The molecule has 0 saturated carbocycles. The van der Waals surface area contributed by atoms with Gasteiger partial charge in [0.05, 0.1) is 11.1 Å². The average Bonchev–Trinajstić information content (AvgIpc) is 2.87. The Kier molecular flexibility index (Phi) is 3.47. The minimum atomic E-state index is -0.430. The summed E-state index contributed by atoms with van der Waals surface area (Å²) in [5.74, 6) is 0.279. The lowest BCUT2D eigenvalue weighted by atomic mass is 10.0. The summed E-state index contributed by atoms with van der Waals surface area (Å²) in [7, 11) is 1.79. The fourth-order valence-corrected chi connectivity index (χ4v) is 2.57. The molecule has 0 saturated heterocycles. The highest BCUT2D eigenvalue weighted by molar-refractivity contribution is 6.31. The van der Waals surface area contributed by atoms with Gasteiger partial charge in [-0.2, -0.15) is 0 Å². The number of halogens is 2. The van der Waals surface area contributed by atoms with Gasteiger partial charge in [0.1, 0.15) is 17.2 Å². The van der Waals surface area contributed by atoms with Crippen molar-refractivity contribution in [2.45, 2.75) is 6.04 Å². The highest BCUT2D eigenvalue weighted by Gasteiger charge is 2.20. The molecule has 1 unspecified atom stereocenters. The summed E-state index contributed by atoms with van der Waals surface area (Å²) < 4.78 is 19.4. The maximum Gasteiger partial charge on any atom is 0.142 e. The molecule has 0 aliphatic carbocycles. The zero-order valence-electron chi connectivity index (χ0n) is 10.9. The van der Waals surface area contributed by atoms with Crippen molar-refractivity contribution in [1.82, 2.24) is 5.32 Å². The molecule has 20 heavy (non-hydrogen) atoms. The van der Waals surface area contributed by atoms with Crippen molar-refractivity contribution in [2.24, 2.45) is 0 Å². The van der Waals surface area contributed by atoms with E-state index in [-0.39, 0.29) is 11.1 Å². The highest BCUT2D eigenvalue weighted by atomic mass is 35.5. The van der Waals surface area contributed by atoms with Crippen molar-refractivity contribution in [3.63, 3.8) is 0 Å². The van der Waals surface area contributed by atoms with Crippen molar-refractivity contribution >= 4 is 22.6 Å². The Morgan fingerprint density at radius 3 is 2.70 bits per heavy atom. The van der Waals surface area contributed by atoms with Crippen LogP contribution in [-0.4, -0.2) is 7.05 Å². The molecule has 2 aromatic carbocycles. The molecule has 102 valence electrons. The van der Waals surface area contributed by atoms with Crippen LogP contribution in [0.1, 0.15) is 17.4 Å². The molecule has 1 atom stereocenters. The predicted molar refractivity (Wildman–Crippen MR) is 78.5 cm³/mol. The maximum absolute atomic E-state index is 13.6. The van der Waals surface area contributed by atoms with Gasteiger partial charge >= 0.3 is 0 Å². The van der Waals surface area contributed by atoms with Crippen LogP contribution in [0, 0.1) is 5.82 Å². The maximum atomic E-state index is 13.6. The molecule has 1 heterocycles. The molecule has 0 amide bonds. The van der Waals surface area contributed by atoms with E-state index >= 15 is 0 Å². The monoisotopic (exact) mass is 289 g/mol. The summed E-state index contributed by atoms with van der Waals surface area (Å²) in [6.45, 7) is 0. The number of nitrogens with one attached hydrogen (secondary N) is 1. The number of fused-ring (bicyclic) bond motifs is 1. The summed E-state index contributed by atoms with van der Waals surface area (Å²) >= 11 is 6.06. The van der Waals surface area contributed by atoms with E-state index < -0.39 is 5.82 Å². The van der Waals surface area contributed by atoms with E-state index in [1.807, 2.05) is 30.3 Å². The van der Waals surface area contributed by atoms with E-state index in [1.54, 1.807) is 19.2 Å². The molecule has 2 nitrogen and oxygen atoms in total. The first kappa shape index (κ1) is 13.2. The van der Waals surface area contributed by atoms with Crippen LogP contribution >= 0.6 is 11.6 Å². The average molecular weight is 290 g/mol. The molecular formula is C16H13ClFNO. The van der Waals surface area contributed by atoms with Gasteiger partial charge in [-0.05, 0) is 30.8 Å². The number of benzene rings is 2. The fraction of sp³-hybridized carbons (Fsp3) is 0.125. The van der Waals surface area contributed by atoms with E-state index in [2.05, 4.69) is 5.32 Å². The normalized spacial score (nSPS) is 12.8. The third-order valence-electron chi connectivity index (χ3n) is 3.31. The van der Waals surface area contributed by atoms with Crippen molar-refractivity contribution in [3.05, 3.63) is 70.7 Å². The Balaban J connectivity index is 2.11. The van der Waals surface area contributed by atoms with Crippen molar-refractivity contribution in [2.75, 3.05) is 7.05 Å². The first-order valence-electron chi connectivity index (χ1n) is 6.30. The van der Waals surface area contributed by atoms with Crippen molar-refractivity contribution in [3.8, 4) is 0 Å². The van der Waals surface area contributed by atoms with Gasteiger partial charge in [-0.1, -0.05) is 41.9 Å². The summed E-state index contributed by atoms with van der Waals surface area (Å²) in [5.41, 5.74) is 1.46. The van der Waals surface area contributed by atoms with Gasteiger partial charge in [0.2, 0.25) is 0 Å². The molecule has 0 fully saturated rings. The molecule has 3 aromatic rings. The molecule has 0 aliphatic rings. The van der Waals surface area contributed by atoms with Crippen LogP contribution in [0.3, 0.4) is 0 Å². The van der Waals surface area contributed by atoms with Gasteiger partial charge in [0, 0.05) is 5.39 Å². The third-order valence-corrected chi connectivity index (χ3v) is 3.71. The molecule has 0 spiro atoms. The van der Waals surface area contributed by atoms with Crippen LogP contribution in [0.2, 0.25) is 5.02 Å². The minimum Gasteiger partial charge on any atom is -0.459 e. The van der Waals surface area contributed by atoms with Crippen LogP contribution in [0.15, 0.2) is 52.9 Å². The standard InChI is InChI=1S/C16H13ClFNO/c1-19-16(11-6-4-7-12(18)15(11)17)14-9-10-5-2-3-8-13(10)20-14/h2-9,16,19H,1H3. The van der Waals surface area contributed by atoms with E-state index in [1.165, 1.54) is 6.07 Å². The topological polar surface area (TPSA) is 25.2 Å². The number of hydrogen-bond acceptors (Lipinski definition) is 2. The Morgan fingerprint density at radius 2 is 1.95 bits per heavy atom. The quantitative estimate of drug-likeness (QED) is 0.766. The van der Waals surface area contributed by atoms with Crippen molar-refractivity contribution in [1.29, 1.82) is 0 Å². The van der Waals surface area contributed by atoms with Crippen LogP contribution < -0.4 is 5.32 Å². The fourth-order valence-electron chi connectivity index (χ4n) is 2.34. The molecule has 1 N–H and O–H groups in total. The second-order valence-electron chi connectivity index (χ2n) is 4.55. The van der Waals surface area contributed by atoms with Crippen LogP contribution in [0.4, 0.5) is 4.39 Å². The van der Waals surface area contributed by atoms with Crippen LogP contribution in [0.5, 0.6) is 0 Å². The number of furan rings is 1. The van der Waals surface area contributed by atoms with E-state index in [0.717, 1.165) is 11.0 Å². The number of rotatable bonds is 3. The number of hydrogen-bond donors (Lipinski definition) is 1. The molecule has 1 aromatic heterocycles. The molecular weight excluding hydrogens is 277 g/mol. The minimum absolute atomic E-state index is 0.118. The van der Waals surface area contributed by atoms with Crippen molar-refractivity contribution < 1.29 is 8.81 Å². The lowest BCUT2D eigenvalue weighted by Gasteiger charge is -2.15. The first-order chi connectivity index (χ1) is 9.70. The van der Waals surface area contributed by atoms with E-state index in [4.69, 9.17) is 16.0 Å². The smallest absolute Gasteiger partial charge is 0.142 e. The second-order valence-corrected chi connectivity index (χ2v) is 4.93. The summed E-state index contributed by atoms with van der Waals surface area (Å²) in [5, 5.41) is 4.25. The van der Waals surface area contributed by atoms with Crippen LogP contribution in [-0.2, 0) is 0 Å². The lowest BCUT2D eigenvalue weighted by Crippen LogP contribution is -2.17. The zero-order valence-corrected chi connectivity index (χ0v) is 11.6. The molecule has 0 aliphatic heterocycles. The number of para-hydroxylation sites is 1. The summed E-state index contributed by atoms with van der Waals surface area (Å²) in [6.07, 6.45) is 0. The van der Waals surface area contributed by atoms with Gasteiger partial charge in [-0.3, -0.25) is 0 Å². The largest absolute Gasteiger partial charge is 0.459 e. The Bertz CT molecular complexity index is 720. The van der Waals surface area contributed by atoms with E-state index in [9.17, 15) is 4.39 Å². The third kappa shape index (κ3) is 2.19. The van der Waals surface area contributed by atoms with Gasteiger partial charge < -0.3 is 9.73 Å².